The first-order valence-corrected chi connectivity index (χ1v) is 9.44. The van der Waals surface area contributed by atoms with E-state index in [1.807, 2.05) is 0 Å². The van der Waals surface area contributed by atoms with Crippen LogP contribution >= 0.6 is 0 Å². The maximum Gasteiger partial charge on any atom is 0.118 e. The van der Waals surface area contributed by atoms with E-state index < -0.39 is 0 Å². The van der Waals surface area contributed by atoms with Crippen LogP contribution in [-0.4, -0.2) is 25.1 Å². The molecule has 3 atom stereocenters. The fraction of sp³-hybridized carbons (Fsp3) is 0.478. The second-order valence-electron chi connectivity index (χ2n) is 7.91. The van der Waals surface area contributed by atoms with Crippen LogP contribution in [0.25, 0.3) is 0 Å². The van der Waals surface area contributed by atoms with Crippen molar-refractivity contribution in [2.24, 2.45) is 11.3 Å². The Hall–Kier alpha value is -1.80. The minimum Gasteiger partial charge on any atom is -0.497 e. The lowest BCUT2D eigenvalue weighted by Gasteiger charge is -2.47. The smallest absolute Gasteiger partial charge is 0.118 e. The lowest BCUT2D eigenvalue weighted by molar-refractivity contribution is 0.0351. The zero-order valence-electron chi connectivity index (χ0n) is 16.0. The lowest BCUT2D eigenvalue weighted by Crippen LogP contribution is -2.46. The molecule has 3 rings (SSSR count). The van der Waals surface area contributed by atoms with Crippen molar-refractivity contribution >= 4 is 0 Å². The monoisotopic (exact) mass is 337 g/mol. The third kappa shape index (κ3) is 4.07. The molecule has 0 bridgehead atoms. The van der Waals surface area contributed by atoms with Crippen molar-refractivity contribution in [3.63, 3.8) is 0 Å². The molecule has 0 spiro atoms. The quantitative estimate of drug-likeness (QED) is 0.729. The van der Waals surface area contributed by atoms with Crippen LogP contribution in [0.5, 0.6) is 5.75 Å². The molecule has 134 valence electrons. The molecule has 1 aliphatic rings. The molecular weight excluding hydrogens is 306 g/mol. The second kappa shape index (κ2) is 7.61. The largest absolute Gasteiger partial charge is 0.497 e. The van der Waals surface area contributed by atoms with Crippen molar-refractivity contribution in [1.82, 2.24) is 4.90 Å². The van der Waals surface area contributed by atoms with Gasteiger partial charge in [-0.25, -0.2) is 0 Å². The van der Waals surface area contributed by atoms with E-state index >= 15 is 0 Å². The summed E-state index contributed by atoms with van der Waals surface area (Å²) < 4.78 is 5.28. The van der Waals surface area contributed by atoms with Crippen molar-refractivity contribution in [3.05, 3.63) is 65.7 Å². The van der Waals surface area contributed by atoms with Crippen molar-refractivity contribution in [2.45, 2.75) is 39.7 Å². The maximum absolute atomic E-state index is 5.28. The van der Waals surface area contributed by atoms with E-state index in [0.29, 0.717) is 17.4 Å². The molecule has 0 N–H and O–H groups in total. The molecule has 1 fully saturated rings. The van der Waals surface area contributed by atoms with Crippen LogP contribution in [-0.2, 0) is 6.42 Å². The van der Waals surface area contributed by atoms with Crippen LogP contribution in [0.4, 0.5) is 0 Å². The summed E-state index contributed by atoms with van der Waals surface area (Å²) in [6.07, 6.45) is 2.39. The number of hydrogen-bond donors (Lipinski definition) is 0. The molecule has 1 saturated heterocycles. The van der Waals surface area contributed by atoms with E-state index in [1.54, 1.807) is 7.11 Å². The van der Waals surface area contributed by atoms with Gasteiger partial charge in [0, 0.05) is 12.6 Å². The summed E-state index contributed by atoms with van der Waals surface area (Å²) in [5.74, 6) is 1.61. The lowest BCUT2D eigenvalue weighted by atomic mass is 9.68. The van der Waals surface area contributed by atoms with Crippen molar-refractivity contribution in [2.75, 3.05) is 20.2 Å². The van der Waals surface area contributed by atoms with Gasteiger partial charge in [-0.1, -0.05) is 56.3 Å². The number of likely N-dealkylation sites (tertiary alicyclic amines) is 1. The Labute approximate surface area is 152 Å². The highest BCUT2D eigenvalue weighted by Crippen LogP contribution is 2.41. The summed E-state index contributed by atoms with van der Waals surface area (Å²) in [4.78, 5) is 2.65. The summed E-state index contributed by atoms with van der Waals surface area (Å²) in [5.41, 5.74) is 3.20. The molecule has 1 aliphatic heterocycles. The van der Waals surface area contributed by atoms with Gasteiger partial charge in [0.15, 0.2) is 0 Å². The number of hydrogen-bond acceptors (Lipinski definition) is 2. The Morgan fingerprint density at radius 3 is 2.40 bits per heavy atom. The van der Waals surface area contributed by atoms with Crippen molar-refractivity contribution in [1.29, 1.82) is 0 Å². The second-order valence-corrected chi connectivity index (χ2v) is 7.91. The molecule has 2 nitrogen and oxygen atoms in total. The zero-order chi connectivity index (χ0) is 17.9. The molecule has 1 heterocycles. The minimum atomic E-state index is 0.363. The number of methoxy groups -OCH3 is 1. The van der Waals surface area contributed by atoms with Gasteiger partial charge in [0.2, 0.25) is 0 Å². The molecule has 25 heavy (non-hydrogen) atoms. The van der Waals surface area contributed by atoms with Crippen molar-refractivity contribution < 1.29 is 4.74 Å². The minimum absolute atomic E-state index is 0.363. The van der Waals surface area contributed by atoms with Crippen LogP contribution in [0.15, 0.2) is 54.6 Å². The fourth-order valence-corrected chi connectivity index (χ4v) is 4.08. The van der Waals surface area contributed by atoms with Crippen molar-refractivity contribution in [3.8, 4) is 5.75 Å². The number of piperidine rings is 1. The number of rotatable bonds is 5. The standard InChI is InChI=1S/C23H31NO/c1-18-17-24(19(2)21-8-6-5-7-9-21)15-14-23(18,3)16-20-10-12-22(25-4)13-11-20/h5-13,18-19H,14-17H2,1-4H3/t18?,19-,23?/m1/s1. The third-order valence-electron chi connectivity index (χ3n) is 6.26. The maximum atomic E-state index is 5.28. The Morgan fingerprint density at radius 2 is 1.80 bits per heavy atom. The molecule has 2 unspecified atom stereocenters. The average molecular weight is 338 g/mol. The molecule has 0 aromatic heterocycles. The van der Waals surface area contributed by atoms with E-state index in [4.69, 9.17) is 4.74 Å². The average Bonchev–Trinajstić information content (AvgIpc) is 2.65. The van der Waals surface area contributed by atoms with Gasteiger partial charge in [-0.3, -0.25) is 4.90 Å². The summed E-state index contributed by atoms with van der Waals surface area (Å²) in [7, 11) is 1.72. The molecule has 0 amide bonds. The first kappa shape index (κ1) is 18.0. The van der Waals surface area contributed by atoms with Gasteiger partial charge in [-0.05, 0) is 60.9 Å². The van der Waals surface area contributed by atoms with Gasteiger partial charge in [0.1, 0.15) is 5.75 Å². The van der Waals surface area contributed by atoms with Gasteiger partial charge in [-0.15, -0.1) is 0 Å². The molecule has 0 saturated carbocycles. The topological polar surface area (TPSA) is 12.5 Å². The fourth-order valence-electron chi connectivity index (χ4n) is 4.08. The van der Waals surface area contributed by atoms with Gasteiger partial charge in [0.25, 0.3) is 0 Å². The van der Waals surface area contributed by atoms with Gasteiger partial charge < -0.3 is 4.74 Å². The third-order valence-corrected chi connectivity index (χ3v) is 6.26. The summed E-state index contributed by atoms with van der Waals surface area (Å²) in [6, 6.07) is 20.0. The highest BCUT2D eigenvalue weighted by Gasteiger charge is 2.37. The summed E-state index contributed by atoms with van der Waals surface area (Å²) in [6.45, 7) is 9.57. The molecule has 2 aromatic rings. The highest BCUT2D eigenvalue weighted by molar-refractivity contribution is 5.28. The Morgan fingerprint density at radius 1 is 1.12 bits per heavy atom. The first-order valence-electron chi connectivity index (χ1n) is 9.44. The van der Waals surface area contributed by atoms with E-state index in [0.717, 1.165) is 12.2 Å². The van der Waals surface area contributed by atoms with Crippen LogP contribution in [0.3, 0.4) is 0 Å². The predicted molar refractivity (Wildman–Crippen MR) is 105 cm³/mol. The first-order chi connectivity index (χ1) is 12.0. The highest BCUT2D eigenvalue weighted by atomic mass is 16.5. The van der Waals surface area contributed by atoms with Gasteiger partial charge in [-0.2, -0.15) is 0 Å². The Balaban J connectivity index is 1.65. The number of benzene rings is 2. The van der Waals surface area contributed by atoms with Crippen LogP contribution in [0, 0.1) is 11.3 Å². The van der Waals surface area contributed by atoms with Crippen LogP contribution < -0.4 is 4.74 Å². The van der Waals surface area contributed by atoms with E-state index in [-0.39, 0.29) is 0 Å². The number of nitrogens with zero attached hydrogens (tertiary/aromatic N) is 1. The van der Waals surface area contributed by atoms with Crippen LogP contribution in [0.2, 0.25) is 0 Å². The molecular formula is C23H31NO. The number of ether oxygens (including phenoxy) is 1. The summed E-state index contributed by atoms with van der Waals surface area (Å²) in [5, 5.41) is 0. The Bertz CT molecular complexity index is 666. The van der Waals surface area contributed by atoms with Gasteiger partial charge >= 0.3 is 0 Å². The van der Waals surface area contributed by atoms with Crippen LogP contribution in [0.1, 0.15) is 44.4 Å². The molecule has 0 aliphatic carbocycles. The molecule has 2 aromatic carbocycles. The normalized spacial score (nSPS) is 25.5. The molecule has 2 heteroatoms. The SMILES string of the molecule is COc1ccc(CC2(C)CCN([C@H](C)c3ccccc3)CC2C)cc1. The van der Waals surface area contributed by atoms with E-state index in [2.05, 4.69) is 80.3 Å². The van der Waals surface area contributed by atoms with Gasteiger partial charge in [0.05, 0.1) is 7.11 Å². The molecule has 0 radical (unpaired) electrons. The van der Waals surface area contributed by atoms with E-state index in [9.17, 15) is 0 Å². The summed E-state index contributed by atoms with van der Waals surface area (Å²) >= 11 is 0. The predicted octanol–water partition coefficient (Wildman–Crippen LogP) is 5.35. The van der Waals surface area contributed by atoms with E-state index in [1.165, 1.54) is 30.6 Å². The zero-order valence-corrected chi connectivity index (χ0v) is 16.0. The Kier molecular flexibility index (Phi) is 5.48.